The van der Waals surface area contributed by atoms with Gasteiger partial charge in [-0.05, 0) is 31.1 Å². The van der Waals surface area contributed by atoms with Gasteiger partial charge >= 0.3 is 5.97 Å². The summed E-state index contributed by atoms with van der Waals surface area (Å²) in [5.41, 5.74) is 0.181. The van der Waals surface area contributed by atoms with E-state index >= 15 is 0 Å². The molecule has 0 saturated heterocycles. The van der Waals surface area contributed by atoms with Crippen molar-refractivity contribution in [3.8, 4) is 0 Å². The Morgan fingerprint density at radius 3 is 2.82 bits per heavy atom. The summed E-state index contributed by atoms with van der Waals surface area (Å²) in [4.78, 5) is 10.6. The predicted molar refractivity (Wildman–Crippen MR) is 41.2 cm³/mol. The van der Waals surface area contributed by atoms with Crippen LogP contribution in [0.5, 0.6) is 0 Å². The Bertz CT molecular complexity index is 220. The number of hydrogen-bond acceptors (Lipinski definition) is 1. The van der Waals surface area contributed by atoms with Crippen LogP contribution in [0.3, 0.4) is 0 Å². The van der Waals surface area contributed by atoms with Crippen LogP contribution in [0.15, 0.2) is 12.2 Å². The quantitative estimate of drug-likeness (QED) is 0.582. The minimum atomic E-state index is -0.597. The first-order valence-corrected chi connectivity index (χ1v) is 4.12. The van der Waals surface area contributed by atoms with Crippen LogP contribution in [-0.4, -0.2) is 11.1 Å². The number of aliphatic carboxylic acids is 1. The Balaban J connectivity index is 2.06. The van der Waals surface area contributed by atoms with Crippen molar-refractivity contribution in [3.05, 3.63) is 12.2 Å². The molecule has 0 aliphatic heterocycles. The zero-order valence-corrected chi connectivity index (χ0v) is 6.42. The first-order chi connectivity index (χ1) is 5.25. The maximum Gasteiger partial charge on any atom is 0.307 e. The largest absolute Gasteiger partial charge is 0.481 e. The summed E-state index contributed by atoms with van der Waals surface area (Å²) in [6.07, 6.45) is 8.34. The van der Waals surface area contributed by atoms with Crippen molar-refractivity contribution >= 4 is 5.97 Å². The second kappa shape index (κ2) is 2.10. The van der Waals surface area contributed by atoms with Crippen molar-refractivity contribution in [2.45, 2.75) is 25.7 Å². The van der Waals surface area contributed by atoms with Gasteiger partial charge in [-0.15, -0.1) is 0 Å². The van der Waals surface area contributed by atoms with Gasteiger partial charge in [0.25, 0.3) is 0 Å². The van der Waals surface area contributed by atoms with Gasteiger partial charge in [-0.3, -0.25) is 4.79 Å². The van der Waals surface area contributed by atoms with E-state index in [-0.39, 0.29) is 11.3 Å². The molecule has 0 radical (unpaired) electrons. The van der Waals surface area contributed by atoms with Gasteiger partial charge in [-0.25, -0.2) is 0 Å². The Morgan fingerprint density at radius 2 is 2.36 bits per heavy atom. The van der Waals surface area contributed by atoms with Crippen LogP contribution in [0.4, 0.5) is 0 Å². The molecule has 0 aromatic rings. The Morgan fingerprint density at radius 1 is 1.55 bits per heavy atom. The number of hydrogen-bond donors (Lipinski definition) is 1. The van der Waals surface area contributed by atoms with Crippen LogP contribution in [0, 0.1) is 11.3 Å². The maximum absolute atomic E-state index is 10.6. The van der Waals surface area contributed by atoms with Crippen LogP contribution < -0.4 is 0 Å². The average Bonchev–Trinajstić information content (AvgIpc) is 2.66. The molecule has 0 aromatic heterocycles. The fourth-order valence-electron chi connectivity index (χ4n) is 2.11. The van der Waals surface area contributed by atoms with E-state index in [1.165, 1.54) is 0 Å². The summed E-state index contributed by atoms with van der Waals surface area (Å²) in [7, 11) is 0. The topological polar surface area (TPSA) is 37.3 Å². The van der Waals surface area contributed by atoms with E-state index in [9.17, 15) is 4.79 Å². The summed E-state index contributed by atoms with van der Waals surface area (Å²) in [5.74, 6) is -0.632. The molecule has 0 bridgehead atoms. The van der Waals surface area contributed by atoms with E-state index in [1.807, 2.05) is 0 Å². The second-order valence-corrected chi connectivity index (χ2v) is 3.67. The number of allylic oxidation sites excluding steroid dienone is 2. The lowest BCUT2D eigenvalue weighted by molar-refractivity contribution is -0.139. The van der Waals surface area contributed by atoms with Crippen LogP contribution in [0.1, 0.15) is 25.7 Å². The summed E-state index contributed by atoms with van der Waals surface area (Å²) < 4.78 is 0. The molecule has 60 valence electrons. The Labute approximate surface area is 65.9 Å². The van der Waals surface area contributed by atoms with Crippen molar-refractivity contribution in [3.63, 3.8) is 0 Å². The molecule has 2 heteroatoms. The van der Waals surface area contributed by atoms with E-state index < -0.39 is 5.97 Å². The summed E-state index contributed by atoms with van der Waals surface area (Å²) in [5, 5.41) is 8.75. The number of carbonyl (C=O) groups is 1. The molecular formula is C9H12O2. The molecule has 1 spiro atoms. The molecule has 1 saturated carbocycles. The van der Waals surface area contributed by atoms with Crippen LogP contribution in [0.25, 0.3) is 0 Å². The third-order valence-electron chi connectivity index (χ3n) is 2.99. The van der Waals surface area contributed by atoms with Gasteiger partial charge in [-0.1, -0.05) is 12.2 Å². The lowest BCUT2D eigenvalue weighted by Gasteiger charge is -2.16. The number of rotatable bonds is 1. The van der Waals surface area contributed by atoms with Crippen LogP contribution in [0.2, 0.25) is 0 Å². The average molecular weight is 152 g/mol. The molecule has 2 aliphatic carbocycles. The van der Waals surface area contributed by atoms with Crippen molar-refractivity contribution in [1.29, 1.82) is 0 Å². The van der Waals surface area contributed by atoms with Gasteiger partial charge in [0.15, 0.2) is 0 Å². The standard InChI is InChI=1S/C9H12O2/c10-8(11)7-6-9(7)4-2-1-3-5-9/h1-2,7H,3-6H2,(H,10,11). The van der Waals surface area contributed by atoms with Crippen LogP contribution >= 0.6 is 0 Å². The van der Waals surface area contributed by atoms with Crippen molar-refractivity contribution in [2.75, 3.05) is 0 Å². The molecule has 2 rings (SSSR count). The third-order valence-corrected chi connectivity index (χ3v) is 2.99. The highest BCUT2D eigenvalue weighted by molar-refractivity contribution is 5.74. The number of carboxylic acids is 1. The molecule has 2 unspecified atom stereocenters. The van der Waals surface area contributed by atoms with E-state index in [2.05, 4.69) is 12.2 Å². The zero-order chi connectivity index (χ0) is 7.90. The van der Waals surface area contributed by atoms with E-state index in [0.717, 1.165) is 25.7 Å². The highest BCUT2D eigenvalue weighted by Gasteiger charge is 2.57. The summed E-state index contributed by atoms with van der Waals surface area (Å²) in [6.45, 7) is 0. The minimum absolute atomic E-state index is 0.0348. The lowest BCUT2D eigenvalue weighted by atomic mass is 9.89. The first kappa shape index (κ1) is 6.89. The Hall–Kier alpha value is -0.790. The molecule has 1 fully saturated rings. The highest BCUT2D eigenvalue weighted by Crippen LogP contribution is 2.60. The Kier molecular flexibility index (Phi) is 1.31. The molecule has 0 heterocycles. The van der Waals surface area contributed by atoms with Gasteiger partial charge in [-0.2, -0.15) is 0 Å². The molecule has 0 amide bonds. The fourth-order valence-corrected chi connectivity index (χ4v) is 2.11. The molecule has 2 aliphatic rings. The van der Waals surface area contributed by atoms with E-state index in [1.54, 1.807) is 0 Å². The summed E-state index contributed by atoms with van der Waals surface area (Å²) >= 11 is 0. The second-order valence-electron chi connectivity index (χ2n) is 3.67. The van der Waals surface area contributed by atoms with E-state index in [0.29, 0.717) is 0 Å². The van der Waals surface area contributed by atoms with Crippen molar-refractivity contribution in [2.24, 2.45) is 11.3 Å². The van der Waals surface area contributed by atoms with Gasteiger partial charge in [0.05, 0.1) is 5.92 Å². The normalized spacial score (nSPS) is 40.9. The van der Waals surface area contributed by atoms with Gasteiger partial charge in [0.1, 0.15) is 0 Å². The highest BCUT2D eigenvalue weighted by atomic mass is 16.4. The van der Waals surface area contributed by atoms with Crippen molar-refractivity contribution < 1.29 is 9.90 Å². The smallest absolute Gasteiger partial charge is 0.307 e. The summed E-state index contributed by atoms with van der Waals surface area (Å²) in [6, 6.07) is 0. The molecular weight excluding hydrogens is 140 g/mol. The van der Waals surface area contributed by atoms with Crippen molar-refractivity contribution in [1.82, 2.24) is 0 Å². The third kappa shape index (κ3) is 0.971. The zero-order valence-electron chi connectivity index (χ0n) is 6.42. The van der Waals surface area contributed by atoms with Gasteiger partial charge < -0.3 is 5.11 Å². The maximum atomic E-state index is 10.6. The van der Waals surface area contributed by atoms with Crippen LogP contribution in [-0.2, 0) is 4.79 Å². The van der Waals surface area contributed by atoms with E-state index in [4.69, 9.17) is 5.11 Å². The monoisotopic (exact) mass is 152 g/mol. The lowest BCUT2D eigenvalue weighted by Crippen LogP contribution is -2.11. The molecule has 2 nitrogen and oxygen atoms in total. The van der Waals surface area contributed by atoms with Gasteiger partial charge in [0.2, 0.25) is 0 Å². The minimum Gasteiger partial charge on any atom is -0.481 e. The molecule has 11 heavy (non-hydrogen) atoms. The fraction of sp³-hybridized carbons (Fsp3) is 0.667. The van der Waals surface area contributed by atoms with Gasteiger partial charge in [0, 0.05) is 0 Å². The predicted octanol–water partition coefficient (Wildman–Crippen LogP) is 1.82. The number of carboxylic acid groups (broad SMARTS) is 1. The SMILES string of the molecule is O=C(O)C1CC12CC=CCC2. The first-order valence-electron chi connectivity index (χ1n) is 4.12. The molecule has 1 N–H and O–H groups in total. The molecule has 0 aromatic carbocycles. The molecule has 2 atom stereocenters.